The number of halogens is 1. The molecule has 0 saturated carbocycles. The van der Waals surface area contributed by atoms with Crippen LogP contribution in [0.5, 0.6) is 5.75 Å². The number of aryl methyl sites for hydroxylation is 1. The Kier molecular flexibility index (Phi) is 4.44. The van der Waals surface area contributed by atoms with Crippen LogP contribution >= 0.6 is 11.6 Å². The number of nitrogens with zero attached hydrogens (tertiary/aromatic N) is 3. The molecular weight excluding hydrogens is 310 g/mol. The fourth-order valence-electron chi connectivity index (χ4n) is 2.21. The molecule has 0 atom stereocenters. The van der Waals surface area contributed by atoms with Gasteiger partial charge in [0, 0.05) is 6.21 Å². The molecule has 0 fully saturated rings. The molecule has 0 N–H and O–H groups in total. The van der Waals surface area contributed by atoms with Gasteiger partial charge in [-0.15, -0.1) is 0 Å². The number of para-hydroxylation sites is 1. The molecule has 0 unspecified atom stereocenters. The van der Waals surface area contributed by atoms with E-state index in [4.69, 9.17) is 16.3 Å². The van der Waals surface area contributed by atoms with E-state index in [1.165, 1.54) is 0 Å². The molecule has 0 aliphatic heterocycles. The average molecular weight is 326 g/mol. The number of hydrogen-bond acceptors (Lipinski definition) is 3. The number of benzene rings is 2. The molecule has 4 nitrogen and oxygen atoms in total. The smallest absolute Gasteiger partial charge is 0.141 e. The Morgan fingerprint density at radius 3 is 2.43 bits per heavy atom. The highest BCUT2D eigenvalue weighted by atomic mass is 35.5. The highest BCUT2D eigenvalue weighted by Gasteiger charge is 2.12. The van der Waals surface area contributed by atoms with Gasteiger partial charge in [0.15, 0.2) is 0 Å². The second kappa shape index (κ2) is 6.67. The SMILES string of the molecule is COc1ccc(N=Cc2c(C)nn(-c3ccccc3)c2Cl)cc1. The van der Waals surface area contributed by atoms with E-state index in [0.29, 0.717) is 5.15 Å². The van der Waals surface area contributed by atoms with Crippen LogP contribution in [0.2, 0.25) is 5.15 Å². The second-order valence-electron chi connectivity index (χ2n) is 4.99. The summed E-state index contributed by atoms with van der Waals surface area (Å²) >= 11 is 6.47. The van der Waals surface area contributed by atoms with Crippen molar-refractivity contribution in [3.63, 3.8) is 0 Å². The van der Waals surface area contributed by atoms with Crippen LogP contribution in [-0.4, -0.2) is 23.1 Å². The molecule has 23 heavy (non-hydrogen) atoms. The zero-order valence-corrected chi connectivity index (χ0v) is 13.7. The molecule has 2 aromatic carbocycles. The summed E-state index contributed by atoms with van der Waals surface area (Å²) in [5.74, 6) is 0.801. The molecule has 0 saturated heterocycles. The monoisotopic (exact) mass is 325 g/mol. The molecule has 0 amide bonds. The van der Waals surface area contributed by atoms with E-state index in [0.717, 1.165) is 28.4 Å². The Balaban J connectivity index is 1.91. The summed E-state index contributed by atoms with van der Waals surface area (Å²) in [4.78, 5) is 4.46. The Bertz CT molecular complexity index is 823. The van der Waals surface area contributed by atoms with Crippen molar-refractivity contribution < 1.29 is 4.74 Å². The minimum atomic E-state index is 0.547. The Labute approximate surface area is 140 Å². The van der Waals surface area contributed by atoms with Crippen molar-refractivity contribution in [1.82, 2.24) is 9.78 Å². The number of aromatic nitrogens is 2. The number of methoxy groups -OCH3 is 1. The average Bonchev–Trinajstić information content (AvgIpc) is 2.88. The molecule has 0 bridgehead atoms. The first-order chi connectivity index (χ1) is 11.2. The summed E-state index contributed by atoms with van der Waals surface area (Å²) < 4.78 is 6.85. The third kappa shape index (κ3) is 3.27. The van der Waals surface area contributed by atoms with Gasteiger partial charge in [0.1, 0.15) is 10.9 Å². The maximum atomic E-state index is 6.47. The summed E-state index contributed by atoms with van der Waals surface area (Å²) in [6.07, 6.45) is 1.74. The minimum absolute atomic E-state index is 0.547. The summed E-state index contributed by atoms with van der Waals surface area (Å²) in [5, 5.41) is 5.04. The maximum Gasteiger partial charge on any atom is 0.141 e. The predicted octanol–water partition coefficient (Wildman–Crippen LogP) is 4.59. The molecule has 3 rings (SSSR count). The normalized spacial score (nSPS) is 11.1. The van der Waals surface area contributed by atoms with Crippen LogP contribution in [0, 0.1) is 6.92 Å². The lowest BCUT2D eigenvalue weighted by Crippen LogP contribution is -1.96. The molecule has 0 aliphatic rings. The molecule has 0 aliphatic carbocycles. The van der Waals surface area contributed by atoms with Gasteiger partial charge in [-0.3, -0.25) is 4.99 Å². The van der Waals surface area contributed by atoms with Crippen LogP contribution < -0.4 is 4.74 Å². The van der Waals surface area contributed by atoms with Gasteiger partial charge >= 0.3 is 0 Å². The fraction of sp³-hybridized carbons (Fsp3) is 0.111. The molecule has 0 radical (unpaired) electrons. The van der Waals surface area contributed by atoms with Crippen LogP contribution in [0.15, 0.2) is 59.6 Å². The predicted molar refractivity (Wildman–Crippen MR) is 93.6 cm³/mol. The fourth-order valence-corrected chi connectivity index (χ4v) is 2.53. The molecule has 5 heteroatoms. The quantitative estimate of drug-likeness (QED) is 0.658. The lowest BCUT2D eigenvalue weighted by molar-refractivity contribution is 0.415. The largest absolute Gasteiger partial charge is 0.497 e. The van der Waals surface area contributed by atoms with E-state index < -0.39 is 0 Å². The van der Waals surface area contributed by atoms with Gasteiger partial charge in [-0.05, 0) is 43.3 Å². The molecule has 1 heterocycles. The van der Waals surface area contributed by atoms with Gasteiger partial charge in [0.2, 0.25) is 0 Å². The van der Waals surface area contributed by atoms with Gasteiger partial charge in [-0.25, -0.2) is 4.68 Å². The summed E-state index contributed by atoms with van der Waals surface area (Å²) in [6, 6.07) is 17.3. The first kappa shape index (κ1) is 15.3. The van der Waals surface area contributed by atoms with Crippen molar-refractivity contribution in [3.8, 4) is 11.4 Å². The van der Waals surface area contributed by atoms with E-state index in [9.17, 15) is 0 Å². The van der Waals surface area contributed by atoms with Crippen molar-refractivity contribution >= 4 is 23.5 Å². The van der Waals surface area contributed by atoms with Gasteiger partial charge in [-0.1, -0.05) is 29.8 Å². The highest BCUT2D eigenvalue weighted by molar-refractivity contribution is 6.32. The lowest BCUT2D eigenvalue weighted by atomic mass is 10.2. The van der Waals surface area contributed by atoms with Crippen LogP contribution in [0.4, 0.5) is 5.69 Å². The van der Waals surface area contributed by atoms with Gasteiger partial charge in [0.25, 0.3) is 0 Å². The number of hydrogen-bond donors (Lipinski definition) is 0. The third-order valence-corrected chi connectivity index (χ3v) is 3.83. The van der Waals surface area contributed by atoms with Crippen molar-refractivity contribution in [1.29, 1.82) is 0 Å². The Morgan fingerprint density at radius 2 is 1.78 bits per heavy atom. The summed E-state index contributed by atoms with van der Waals surface area (Å²) in [7, 11) is 1.64. The Hall–Kier alpha value is -2.59. The second-order valence-corrected chi connectivity index (χ2v) is 5.35. The van der Waals surface area contributed by atoms with Gasteiger partial charge < -0.3 is 4.74 Å². The van der Waals surface area contributed by atoms with Gasteiger partial charge in [-0.2, -0.15) is 5.10 Å². The zero-order valence-electron chi connectivity index (χ0n) is 12.9. The van der Waals surface area contributed by atoms with Crippen molar-refractivity contribution in [2.75, 3.05) is 7.11 Å². The highest BCUT2D eigenvalue weighted by Crippen LogP contribution is 2.23. The summed E-state index contributed by atoms with van der Waals surface area (Å²) in [6.45, 7) is 1.92. The summed E-state index contributed by atoms with van der Waals surface area (Å²) in [5.41, 5.74) is 3.39. The van der Waals surface area contributed by atoms with Gasteiger partial charge in [0.05, 0.1) is 29.7 Å². The zero-order chi connectivity index (χ0) is 16.2. The minimum Gasteiger partial charge on any atom is -0.497 e. The molecule has 116 valence electrons. The van der Waals surface area contributed by atoms with Crippen LogP contribution in [0.25, 0.3) is 5.69 Å². The first-order valence-corrected chi connectivity index (χ1v) is 7.55. The molecule has 3 aromatic rings. The standard InChI is InChI=1S/C18H16ClN3O/c1-13-17(12-20-14-8-10-16(23-2)11-9-14)18(19)22(21-13)15-6-4-3-5-7-15/h3-12H,1-2H3. The van der Waals surface area contributed by atoms with Crippen LogP contribution in [0.3, 0.4) is 0 Å². The maximum absolute atomic E-state index is 6.47. The molecule has 0 spiro atoms. The van der Waals surface area contributed by atoms with Crippen LogP contribution in [0.1, 0.15) is 11.3 Å². The third-order valence-electron chi connectivity index (χ3n) is 3.46. The van der Waals surface area contributed by atoms with E-state index >= 15 is 0 Å². The lowest BCUT2D eigenvalue weighted by Gasteiger charge is -2.02. The van der Waals surface area contributed by atoms with E-state index in [1.54, 1.807) is 18.0 Å². The van der Waals surface area contributed by atoms with Crippen molar-refractivity contribution in [2.45, 2.75) is 6.92 Å². The Morgan fingerprint density at radius 1 is 1.09 bits per heavy atom. The number of rotatable bonds is 4. The van der Waals surface area contributed by atoms with E-state index in [1.807, 2.05) is 61.5 Å². The topological polar surface area (TPSA) is 39.4 Å². The molecule has 1 aromatic heterocycles. The number of ether oxygens (including phenoxy) is 1. The number of aliphatic imine (C=N–C) groups is 1. The first-order valence-electron chi connectivity index (χ1n) is 7.17. The molecular formula is C18H16ClN3O. The van der Waals surface area contributed by atoms with Crippen molar-refractivity contribution in [3.05, 3.63) is 71.0 Å². The van der Waals surface area contributed by atoms with Crippen LogP contribution in [-0.2, 0) is 0 Å². The van der Waals surface area contributed by atoms with E-state index in [-0.39, 0.29) is 0 Å². The van der Waals surface area contributed by atoms with E-state index in [2.05, 4.69) is 10.1 Å². The van der Waals surface area contributed by atoms with Crippen molar-refractivity contribution in [2.24, 2.45) is 4.99 Å².